The number of nitrogens with zero attached hydrogens (tertiary/aromatic N) is 3. The fraction of sp³-hybridized carbons (Fsp3) is 0.467. The van der Waals surface area contributed by atoms with Crippen molar-refractivity contribution in [1.82, 2.24) is 9.88 Å². The number of carboxylic acid groups (broad SMARTS) is 1. The first-order valence-corrected chi connectivity index (χ1v) is 14.4. The number of carboxylic acids is 1. The zero-order valence-electron chi connectivity index (χ0n) is 22.1. The molecule has 1 N–H and O–H groups in total. The van der Waals surface area contributed by atoms with Crippen LogP contribution in [0.4, 0.5) is 5.13 Å². The Morgan fingerprint density at radius 3 is 2.66 bits per heavy atom. The molecule has 0 radical (unpaired) electrons. The van der Waals surface area contributed by atoms with Gasteiger partial charge in [-0.15, -0.1) is 11.3 Å². The number of hydrogen-bond donors (Lipinski definition) is 1. The number of hydrogen-bond acceptors (Lipinski definition) is 7. The Labute approximate surface area is 228 Å². The van der Waals surface area contributed by atoms with Crippen molar-refractivity contribution in [2.45, 2.75) is 33.4 Å². The van der Waals surface area contributed by atoms with Crippen molar-refractivity contribution in [1.29, 1.82) is 0 Å². The molecule has 1 saturated carbocycles. The smallest absolute Gasteiger partial charge is 0.307 e. The molecule has 7 rings (SSSR count). The Morgan fingerprint density at radius 1 is 1.13 bits per heavy atom. The van der Waals surface area contributed by atoms with Crippen molar-refractivity contribution < 1.29 is 19.4 Å². The number of fused-ring (bicyclic) bond motifs is 2. The standard InChI is InChI=1S/C30H35N3O4S/c1-19-3-6-27(37-17-22-5-4-21(12-20(22)2)14-32-7-9-36-10-8-32)25(11-19)26-18-38-30(31-26)33-15-23-13-24(16-33)28(23)29(34)35/h3-6,11-12,18,23-24,28H,7-10,13-17H2,1-2H3,(H,34,35)/t23-,24+,28+. The number of aromatic nitrogens is 1. The summed E-state index contributed by atoms with van der Waals surface area (Å²) in [4.78, 5) is 21.2. The fourth-order valence-corrected chi connectivity index (χ4v) is 6.99. The number of morpholine rings is 1. The molecule has 200 valence electrons. The zero-order valence-corrected chi connectivity index (χ0v) is 22.9. The van der Waals surface area contributed by atoms with Gasteiger partial charge in [0.15, 0.2) is 5.13 Å². The molecule has 4 aliphatic rings. The minimum Gasteiger partial charge on any atom is -0.488 e. The Hall–Kier alpha value is -2.94. The van der Waals surface area contributed by atoms with E-state index in [1.165, 1.54) is 16.7 Å². The first kappa shape index (κ1) is 25.3. The second kappa shape index (κ2) is 10.7. The van der Waals surface area contributed by atoms with Gasteiger partial charge in [-0.3, -0.25) is 9.69 Å². The van der Waals surface area contributed by atoms with Crippen LogP contribution in [0.25, 0.3) is 11.3 Å². The molecule has 4 fully saturated rings. The average Bonchev–Trinajstić information content (AvgIpc) is 3.39. The van der Waals surface area contributed by atoms with Crippen molar-refractivity contribution in [2.24, 2.45) is 17.8 Å². The highest BCUT2D eigenvalue weighted by atomic mass is 32.1. The van der Waals surface area contributed by atoms with Crippen LogP contribution in [0, 0.1) is 31.6 Å². The van der Waals surface area contributed by atoms with E-state index in [1.807, 2.05) is 6.07 Å². The van der Waals surface area contributed by atoms with Crippen LogP contribution < -0.4 is 9.64 Å². The Morgan fingerprint density at radius 2 is 1.92 bits per heavy atom. The van der Waals surface area contributed by atoms with Gasteiger partial charge in [0.1, 0.15) is 12.4 Å². The van der Waals surface area contributed by atoms with E-state index in [4.69, 9.17) is 14.5 Å². The van der Waals surface area contributed by atoms with Crippen LogP contribution >= 0.6 is 11.3 Å². The summed E-state index contributed by atoms with van der Waals surface area (Å²) in [6.45, 7) is 10.8. The zero-order chi connectivity index (χ0) is 26.2. The molecule has 1 aromatic heterocycles. The summed E-state index contributed by atoms with van der Waals surface area (Å²) in [6, 6.07) is 12.9. The molecule has 0 spiro atoms. The topological polar surface area (TPSA) is 75.1 Å². The van der Waals surface area contributed by atoms with Crippen molar-refractivity contribution >= 4 is 22.4 Å². The van der Waals surface area contributed by atoms with Gasteiger partial charge in [-0.25, -0.2) is 4.98 Å². The van der Waals surface area contributed by atoms with Crippen LogP contribution in [0.2, 0.25) is 0 Å². The first-order chi connectivity index (χ1) is 18.4. The summed E-state index contributed by atoms with van der Waals surface area (Å²) in [7, 11) is 0. The Bertz CT molecular complexity index is 1310. The molecule has 0 amide bonds. The first-order valence-electron chi connectivity index (χ1n) is 13.5. The fourth-order valence-electron chi connectivity index (χ4n) is 6.14. The molecule has 2 aromatic carbocycles. The molecule has 3 aliphatic heterocycles. The van der Waals surface area contributed by atoms with Crippen molar-refractivity contribution in [2.75, 3.05) is 44.3 Å². The highest BCUT2D eigenvalue weighted by molar-refractivity contribution is 7.14. The van der Waals surface area contributed by atoms with Crippen LogP contribution in [-0.4, -0.2) is 60.4 Å². The number of ether oxygens (including phenoxy) is 2. The quantitative estimate of drug-likeness (QED) is 0.437. The maximum Gasteiger partial charge on any atom is 0.307 e. The van der Waals surface area contributed by atoms with Crippen LogP contribution in [0.1, 0.15) is 28.7 Å². The van der Waals surface area contributed by atoms with Crippen LogP contribution in [0.5, 0.6) is 5.75 Å². The number of benzene rings is 2. The SMILES string of the molecule is Cc1ccc(OCc2ccc(CN3CCOCC3)cc2C)c(-c2csc(N3C[C@H]4C[C@@H](C3)[C@H]4C(=O)O)n2)c1. The highest BCUT2D eigenvalue weighted by Crippen LogP contribution is 2.47. The van der Waals surface area contributed by atoms with Crippen LogP contribution in [0.15, 0.2) is 41.8 Å². The molecular formula is C30H35N3O4S. The van der Waals surface area contributed by atoms with Gasteiger partial charge in [0.2, 0.25) is 0 Å². The van der Waals surface area contributed by atoms with Gasteiger partial charge in [-0.05, 0) is 60.9 Å². The minimum absolute atomic E-state index is 0.181. The Balaban J connectivity index is 1.14. The number of carbonyl (C=O) groups is 1. The molecule has 1 aliphatic carbocycles. The van der Waals surface area contributed by atoms with Crippen molar-refractivity contribution in [3.8, 4) is 17.0 Å². The predicted molar refractivity (Wildman–Crippen MR) is 149 cm³/mol. The van der Waals surface area contributed by atoms with Gasteiger partial charge in [-0.1, -0.05) is 29.8 Å². The monoisotopic (exact) mass is 533 g/mol. The molecule has 3 atom stereocenters. The molecule has 3 saturated heterocycles. The predicted octanol–water partition coefficient (Wildman–Crippen LogP) is 5.00. The lowest BCUT2D eigenvalue weighted by Crippen LogP contribution is -2.57. The molecule has 7 nitrogen and oxygen atoms in total. The maximum absolute atomic E-state index is 11.5. The van der Waals surface area contributed by atoms with E-state index in [-0.39, 0.29) is 17.8 Å². The van der Waals surface area contributed by atoms with E-state index in [0.717, 1.165) is 80.1 Å². The number of aliphatic carboxylic acids is 1. The number of aryl methyl sites for hydroxylation is 2. The van der Waals surface area contributed by atoms with Gasteiger partial charge in [0.25, 0.3) is 0 Å². The second-order valence-electron chi connectivity index (χ2n) is 11.0. The molecule has 8 heteroatoms. The molecule has 0 unspecified atom stereocenters. The van der Waals surface area contributed by atoms with Gasteiger partial charge in [0.05, 0.1) is 24.8 Å². The third-order valence-electron chi connectivity index (χ3n) is 8.29. The summed E-state index contributed by atoms with van der Waals surface area (Å²) in [5.41, 5.74) is 6.82. The van der Waals surface area contributed by atoms with Gasteiger partial charge < -0.3 is 19.5 Å². The summed E-state index contributed by atoms with van der Waals surface area (Å²) in [5, 5.41) is 12.5. The lowest BCUT2D eigenvalue weighted by atomic mass is 9.62. The number of thiazole rings is 1. The number of rotatable bonds is 8. The van der Waals surface area contributed by atoms with Gasteiger partial charge in [0, 0.05) is 43.7 Å². The van der Waals surface area contributed by atoms with Crippen LogP contribution in [-0.2, 0) is 22.7 Å². The third kappa shape index (κ3) is 5.17. The van der Waals surface area contributed by atoms with Gasteiger partial charge in [-0.2, -0.15) is 0 Å². The summed E-state index contributed by atoms with van der Waals surface area (Å²) in [6.07, 6.45) is 1.02. The number of anilines is 1. The highest BCUT2D eigenvalue weighted by Gasteiger charge is 2.51. The average molecular weight is 534 g/mol. The second-order valence-corrected chi connectivity index (χ2v) is 11.8. The Kier molecular flexibility index (Phi) is 7.12. The van der Waals surface area contributed by atoms with E-state index < -0.39 is 5.97 Å². The van der Waals surface area contributed by atoms with E-state index in [1.54, 1.807) is 11.3 Å². The van der Waals surface area contributed by atoms with Gasteiger partial charge >= 0.3 is 5.97 Å². The lowest BCUT2D eigenvalue weighted by molar-refractivity contribution is -0.153. The van der Waals surface area contributed by atoms with E-state index in [2.05, 4.69) is 59.4 Å². The molecule has 38 heavy (non-hydrogen) atoms. The summed E-state index contributed by atoms with van der Waals surface area (Å²) in [5.74, 6) is 0.477. The van der Waals surface area contributed by atoms with Crippen molar-refractivity contribution in [3.63, 3.8) is 0 Å². The normalized spacial score (nSPS) is 23.2. The minimum atomic E-state index is -0.644. The van der Waals surface area contributed by atoms with Crippen LogP contribution in [0.3, 0.4) is 0 Å². The number of piperidine rings is 2. The maximum atomic E-state index is 11.5. The van der Waals surface area contributed by atoms with E-state index in [9.17, 15) is 9.90 Å². The summed E-state index contributed by atoms with van der Waals surface area (Å²) >= 11 is 1.63. The summed E-state index contributed by atoms with van der Waals surface area (Å²) < 4.78 is 11.9. The molecule has 3 aromatic rings. The van der Waals surface area contributed by atoms with E-state index >= 15 is 0 Å². The molecule has 4 heterocycles. The molecular weight excluding hydrogens is 498 g/mol. The van der Waals surface area contributed by atoms with E-state index in [0.29, 0.717) is 6.61 Å². The lowest BCUT2D eigenvalue weighted by Gasteiger charge is -2.51. The molecule has 2 bridgehead atoms. The largest absolute Gasteiger partial charge is 0.488 e. The third-order valence-corrected chi connectivity index (χ3v) is 9.19. The van der Waals surface area contributed by atoms with Crippen molar-refractivity contribution in [3.05, 3.63) is 64.0 Å².